The highest BCUT2D eigenvalue weighted by Gasteiger charge is 2.42. The van der Waals surface area contributed by atoms with Crippen LogP contribution < -0.4 is 0 Å². The standard InChI is InChI=1S/C13H14BrF3O/c14-10-6-4-5-9(13(15,16)17)11(10)12(18)7-2-1-3-8-12/h4-6,18H,1-3,7-8H2. The lowest BCUT2D eigenvalue weighted by atomic mass is 9.78. The largest absolute Gasteiger partial charge is 0.416 e. The smallest absolute Gasteiger partial charge is 0.385 e. The van der Waals surface area contributed by atoms with E-state index < -0.39 is 17.3 Å². The van der Waals surface area contributed by atoms with Gasteiger partial charge in [0.2, 0.25) is 0 Å². The summed E-state index contributed by atoms with van der Waals surface area (Å²) in [5.41, 5.74) is -2.10. The Labute approximate surface area is 112 Å². The van der Waals surface area contributed by atoms with Gasteiger partial charge in [-0.2, -0.15) is 13.2 Å². The van der Waals surface area contributed by atoms with E-state index in [9.17, 15) is 18.3 Å². The lowest BCUT2D eigenvalue weighted by Gasteiger charge is -2.35. The SMILES string of the molecule is OC1(c2c(Br)cccc2C(F)(F)F)CCCCC1. The highest BCUT2D eigenvalue weighted by atomic mass is 79.9. The van der Waals surface area contributed by atoms with Crippen LogP contribution in [-0.2, 0) is 11.8 Å². The maximum absolute atomic E-state index is 13.0. The summed E-state index contributed by atoms with van der Waals surface area (Å²) in [6.45, 7) is 0. The van der Waals surface area contributed by atoms with E-state index in [2.05, 4.69) is 15.9 Å². The van der Waals surface area contributed by atoms with Crippen molar-refractivity contribution in [2.24, 2.45) is 0 Å². The van der Waals surface area contributed by atoms with Gasteiger partial charge in [0, 0.05) is 10.0 Å². The van der Waals surface area contributed by atoms with Crippen LogP contribution in [0.2, 0.25) is 0 Å². The average molecular weight is 323 g/mol. The molecule has 1 N–H and O–H groups in total. The summed E-state index contributed by atoms with van der Waals surface area (Å²) < 4.78 is 39.4. The van der Waals surface area contributed by atoms with Crippen LogP contribution in [-0.4, -0.2) is 5.11 Å². The number of hydrogen-bond donors (Lipinski definition) is 1. The third-order valence-electron chi connectivity index (χ3n) is 3.47. The van der Waals surface area contributed by atoms with E-state index in [0.29, 0.717) is 17.3 Å². The first-order chi connectivity index (χ1) is 8.34. The van der Waals surface area contributed by atoms with Crippen LogP contribution in [0.3, 0.4) is 0 Å². The molecule has 1 nitrogen and oxygen atoms in total. The first-order valence-corrected chi connectivity index (χ1v) is 6.72. The van der Waals surface area contributed by atoms with Crippen LogP contribution in [0.15, 0.2) is 22.7 Å². The predicted octanol–water partition coefficient (Wildman–Crippen LogP) is 4.62. The quantitative estimate of drug-likeness (QED) is 0.799. The molecule has 0 saturated heterocycles. The molecule has 1 fully saturated rings. The zero-order valence-corrected chi connectivity index (χ0v) is 11.3. The van der Waals surface area contributed by atoms with Gasteiger partial charge in [-0.15, -0.1) is 0 Å². The Balaban J connectivity index is 2.55. The molecule has 0 amide bonds. The van der Waals surface area contributed by atoms with Crippen LogP contribution in [0, 0.1) is 0 Å². The predicted molar refractivity (Wildman–Crippen MR) is 66.1 cm³/mol. The second kappa shape index (κ2) is 4.85. The fraction of sp³-hybridized carbons (Fsp3) is 0.538. The van der Waals surface area contributed by atoms with Crippen LogP contribution in [0.5, 0.6) is 0 Å². The third kappa shape index (κ3) is 2.57. The van der Waals surface area contributed by atoms with Crippen molar-refractivity contribution in [2.45, 2.75) is 43.9 Å². The van der Waals surface area contributed by atoms with Gasteiger partial charge in [0.05, 0.1) is 11.2 Å². The molecule has 1 aliphatic rings. The summed E-state index contributed by atoms with van der Waals surface area (Å²) in [4.78, 5) is 0. The van der Waals surface area contributed by atoms with E-state index in [4.69, 9.17) is 0 Å². The number of alkyl halides is 3. The number of aliphatic hydroxyl groups is 1. The van der Waals surface area contributed by atoms with Gasteiger partial charge in [0.1, 0.15) is 0 Å². The molecular weight excluding hydrogens is 309 g/mol. The van der Waals surface area contributed by atoms with Gasteiger partial charge >= 0.3 is 6.18 Å². The van der Waals surface area contributed by atoms with Gasteiger partial charge in [0.25, 0.3) is 0 Å². The summed E-state index contributed by atoms with van der Waals surface area (Å²) in [7, 11) is 0. The van der Waals surface area contributed by atoms with E-state index in [1.807, 2.05) is 0 Å². The molecule has 0 atom stereocenters. The molecule has 0 radical (unpaired) electrons. The summed E-state index contributed by atoms with van der Waals surface area (Å²) in [5, 5.41) is 10.5. The number of hydrogen-bond acceptors (Lipinski definition) is 1. The molecule has 2 rings (SSSR count). The summed E-state index contributed by atoms with van der Waals surface area (Å²) in [6.07, 6.45) is -1.18. The normalized spacial score (nSPS) is 19.8. The molecule has 1 aliphatic carbocycles. The van der Waals surface area contributed by atoms with Crippen molar-refractivity contribution < 1.29 is 18.3 Å². The van der Waals surface area contributed by atoms with E-state index in [1.165, 1.54) is 6.07 Å². The molecule has 0 unspecified atom stereocenters. The number of rotatable bonds is 1. The van der Waals surface area contributed by atoms with Crippen LogP contribution >= 0.6 is 15.9 Å². The first-order valence-electron chi connectivity index (χ1n) is 5.93. The summed E-state index contributed by atoms with van der Waals surface area (Å²) >= 11 is 3.15. The minimum Gasteiger partial charge on any atom is -0.385 e. The first kappa shape index (κ1) is 13.9. The molecule has 1 aromatic rings. The van der Waals surface area contributed by atoms with Crippen LogP contribution in [0.1, 0.15) is 43.2 Å². The van der Waals surface area contributed by atoms with Crippen molar-refractivity contribution in [3.8, 4) is 0 Å². The van der Waals surface area contributed by atoms with E-state index in [0.717, 1.165) is 25.3 Å². The van der Waals surface area contributed by atoms with Crippen molar-refractivity contribution in [1.82, 2.24) is 0 Å². The Morgan fingerprint density at radius 2 is 1.72 bits per heavy atom. The van der Waals surface area contributed by atoms with Gasteiger partial charge < -0.3 is 5.11 Å². The molecule has 0 spiro atoms. The zero-order chi connectivity index (χ0) is 13.4. The zero-order valence-electron chi connectivity index (χ0n) is 9.73. The fourth-order valence-electron chi connectivity index (χ4n) is 2.62. The average Bonchev–Trinajstić information content (AvgIpc) is 2.28. The van der Waals surface area contributed by atoms with Gasteiger partial charge in [-0.05, 0) is 25.0 Å². The summed E-state index contributed by atoms with van der Waals surface area (Å²) in [6, 6.07) is 3.94. The molecule has 1 saturated carbocycles. The molecule has 0 aliphatic heterocycles. The minimum atomic E-state index is -4.44. The van der Waals surface area contributed by atoms with Crippen molar-refractivity contribution in [1.29, 1.82) is 0 Å². The highest BCUT2D eigenvalue weighted by Crippen LogP contribution is 2.46. The Hall–Kier alpha value is -0.550. The van der Waals surface area contributed by atoms with Gasteiger partial charge in [-0.3, -0.25) is 0 Å². The maximum Gasteiger partial charge on any atom is 0.416 e. The van der Waals surface area contributed by atoms with Crippen LogP contribution in [0.25, 0.3) is 0 Å². The van der Waals surface area contributed by atoms with E-state index >= 15 is 0 Å². The van der Waals surface area contributed by atoms with Crippen LogP contribution in [0.4, 0.5) is 13.2 Å². The molecule has 1 aromatic carbocycles. The second-order valence-corrected chi connectivity index (χ2v) is 5.61. The van der Waals surface area contributed by atoms with Crippen molar-refractivity contribution in [3.05, 3.63) is 33.8 Å². The Bertz CT molecular complexity index is 436. The molecule has 0 aromatic heterocycles. The van der Waals surface area contributed by atoms with Gasteiger partial charge in [-0.1, -0.05) is 41.3 Å². The minimum absolute atomic E-state index is 0.00259. The summed E-state index contributed by atoms with van der Waals surface area (Å²) in [5.74, 6) is 0. The topological polar surface area (TPSA) is 20.2 Å². The van der Waals surface area contributed by atoms with Gasteiger partial charge in [-0.25, -0.2) is 0 Å². The van der Waals surface area contributed by atoms with Crippen molar-refractivity contribution >= 4 is 15.9 Å². The molecular formula is C13H14BrF3O. The maximum atomic E-state index is 13.0. The molecule has 5 heteroatoms. The third-order valence-corrected chi connectivity index (χ3v) is 4.13. The van der Waals surface area contributed by atoms with Crippen molar-refractivity contribution in [2.75, 3.05) is 0 Å². The fourth-order valence-corrected chi connectivity index (χ4v) is 3.36. The molecule has 0 heterocycles. The van der Waals surface area contributed by atoms with E-state index in [-0.39, 0.29) is 5.56 Å². The molecule has 18 heavy (non-hydrogen) atoms. The Morgan fingerprint density at radius 1 is 1.11 bits per heavy atom. The molecule has 100 valence electrons. The number of benzene rings is 1. The Morgan fingerprint density at radius 3 is 2.28 bits per heavy atom. The lowest BCUT2D eigenvalue weighted by Crippen LogP contribution is -2.31. The van der Waals surface area contributed by atoms with Gasteiger partial charge in [0.15, 0.2) is 0 Å². The monoisotopic (exact) mass is 322 g/mol. The Kier molecular flexibility index (Phi) is 3.74. The van der Waals surface area contributed by atoms with Crippen molar-refractivity contribution in [3.63, 3.8) is 0 Å². The number of halogens is 4. The lowest BCUT2D eigenvalue weighted by molar-refractivity contribution is -0.141. The highest BCUT2D eigenvalue weighted by molar-refractivity contribution is 9.10. The second-order valence-electron chi connectivity index (χ2n) is 4.75. The van der Waals surface area contributed by atoms with E-state index in [1.54, 1.807) is 6.07 Å². The molecule has 0 bridgehead atoms.